The van der Waals surface area contributed by atoms with Crippen molar-refractivity contribution >= 4 is 0 Å². The first-order valence-electron chi connectivity index (χ1n) is 5.00. The van der Waals surface area contributed by atoms with E-state index in [1.807, 2.05) is 13.1 Å². The Morgan fingerprint density at radius 2 is 2.53 bits per heavy atom. The Balaban J connectivity index is 2.07. The highest BCUT2D eigenvalue weighted by Crippen LogP contribution is 2.28. The molecule has 0 saturated carbocycles. The summed E-state index contributed by atoms with van der Waals surface area (Å²) in [5, 5.41) is 11.2. The van der Waals surface area contributed by atoms with Gasteiger partial charge in [-0.25, -0.2) is 0 Å². The van der Waals surface area contributed by atoms with Crippen LogP contribution in [0.4, 0.5) is 0 Å². The fraction of sp³-hybridized carbons (Fsp3) is 0.400. The van der Waals surface area contributed by atoms with Crippen molar-refractivity contribution in [1.29, 1.82) is 0 Å². The minimum Gasteiger partial charge on any atom is -0.467 e. The summed E-state index contributed by atoms with van der Waals surface area (Å²) < 4.78 is 7.29. The highest BCUT2D eigenvalue weighted by Gasteiger charge is 2.26. The Morgan fingerprint density at radius 3 is 3.33 bits per heavy atom. The van der Waals surface area contributed by atoms with Crippen LogP contribution in [0, 0.1) is 0 Å². The lowest BCUT2D eigenvalue weighted by atomic mass is 10.0. The molecule has 0 bridgehead atoms. The minimum absolute atomic E-state index is 0.0868. The highest BCUT2D eigenvalue weighted by molar-refractivity contribution is 5.29. The van der Waals surface area contributed by atoms with E-state index in [0.29, 0.717) is 0 Å². The Morgan fingerprint density at radius 1 is 1.60 bits per heavy atom. The van der Waals surface area contributed by atoms with Crippen LogP contribution in [0.2, 0.25) is 0 Å². The third-order valence-corrected chi connectivity index (χ3v) is 2.83. The molecule has 3 heterocycles. The number of nitrogens with one attached hydrogen (secondary N) is 1. The van der Waals surface area contributed by atoms with Crippen molar-refractivity contribution in [3.05, 3.63) is 35.5 Å². The van der Waals surface area contributed by atoms with E-state index in [1.54, 1.807) is 17.1 Å². The molecule has 0 saturated heterocycles. The second-order valence-corrected chi connectivity index (χ2v) is 3.73. The average molecular weight is 204 g/mol. The number of hydrogen-bond donors (Lipinski definition) is 1. The molecule has 15 heavy (non-hydrogen) atoms. The summed E-state index contributed by atoms with van der Waals surface area (Å²) in [4.78, 5) is 0. The van der Waals surface area contributed by atoms with Gasteiger partial charge in [0.1, 0.15) is 11.8 Å². The van der Waals surface area contributed by atoms with Crippen molar-refractivity contribution in [2.45, 2.75) is 12.5 Å². The maximum absolute atomic E-state index is 5.52. The van der Waals surface area contributed by atoms with Crippen LogP contribution in [0.3, 0.4) is 0 Å². The van der Waals surface area contributed by atoms with Crippen molar-refractivity contribution < 1.29 is 4.42 Å². The molecule has 2 aromatic rings. The van der Waals surface area contributed by atoms with Gasteiger partial charge in [-0.2, -0.15) is 0 Å². The molecule has 1 aliphatic rings. The number of hydrogen-bond acceptors (Lipinski definition) is 4. The molecule has 1 atom stereocenters. The third-order valence-electron chi connectivity index (χ3n) is 2.83. The van der Waals surface area contributed by atoms with E-state index in [2.05, 4.69) is 15.6 Å². The van der Waals surface area contributed by atoms with Crippen molar-refractivity contribution in [2.75, 3.05) is 6.54 Å². The molecule has 1 unspecified atom stereocenters. The summed E-state index contributed by atoms with van der Waals surface area (Å²) in [5.74, 6) is 0.992. The summed E-state index contributed by atoms with van der Waals surface area (Å²) in [6, 6.07) is 2.12. The van der Waals surface area contributed by atoms with Gasteiger partial charge in [-0.3, -0.25) is 4.68 Å². The van der Waals surface area contributed by atoms with Gasteiger partial charge < -0.3 is 9.73 Å². The Bertz CT molecular complexity index is 473. The van der Waals surface area contributed by atoms with E-state index in [1.165, 1.54) is 5.56 Å². The van der Waals surface area contributed by atoms with Gasteiger partial charge in [-0.05, 0) is 18.1 Å². The van der Waals surface area contributed by atoms with Crippen LogP contribution in [0.25, 0.3) is 0 Å². The zero-order chi connectivity index (χ0) is 10.3. The smallest absolute Gasteiger partial charge is 0.130 e. The molecule has 0 radical (unpaired) electrons. The summed E-state index contributed by atoms with van der Waals surface area (Å²) in [5.41, 5.74) is 2.31. The standard InChI is InChI=1S/C10H12N4O/c1-14-8(6-12-13-14)9-10-7(2-4-11-9)3-5-15-10/h3,5-6,9,11H,2,4H2,1H3. The van der Waals surface area contributed by atoms with Crippen LogP contribution in [0.1, 0.15) is 23.1 Å². The van der Waals surface area contributed by atoms with Crippen molar-refractivity contribution in [1.82, 2.24) is 20.3 Å². The van der Waals surface area contributed by atoms with Gasteiger partial charge in [0.25, 0.3) is 0 Å². The van der Waals surface area contributed by atoms with E-state index in [-0.39, 0.29) is 6.04 Å². The van der Waals surface area contributed by atoms with Crippen LogP contribution in [0.5, 0.6) is 0 Å². The molecule has 0 fully saturated rings. The summed E-state index contributed by atoms with van der Waals surface area (Å²) in [7, 11) is 1.89. The molecule has 78 valence electrons. The first kappa shape index (κ1) is 8.67. The molecule has 0 spiro atoms. The van der Waals surface area contributed by atoms with Gasteiger partial charge >= 0.3 is 0 Å². The molecular weight excluding hydrogens is 192 g/mol. The van der Waals surface area contributed by atoms with Crippen LogP contribution in [0.15, 0.2) is 22.9 Å². The molecule has 3 rings (SSSR count). The molecule has 1 N–H and O–H groups in total. The Hall–Kier alpha value is -1.62. The number of fused-ring (bicyclic) bond motifs is 1. The van der Waals surface area contributed by atoms with Gasteiger partial charge in [0.2, 0.25) is 0 Å². The first-order valence-corrected chi connectivity index (χ1v) is 5.00. The molecule has 1 aliphatic heterocycles. The predicted octanol–water partition coefficient (Wildman–Crippen LogP) is 0.643. The summed E-state index contributed by atoms with van der Waals surface area (Å²) >= 11 is 0. The first-order chi connectivity index (χ1) is 7.36. The van der Waals surface area contributed by atoms with Gasteiger partial charge in [0, 0.05) is 13.6 Å². The van der Waals surface area contributed by atoms with Crippen molar-refractivity contribution in [3.63, 3.8) is 0 Å². The van der Waals surface area contributed by atoms with E-state index in [9.17, 15) is 0 Å². The SMILES string of the molecule is Cn1nncc1C1NCCc2ccoc21. The van der Waals surface area contributed by atoms with E-state index >= 15 is 0 Å². The molecule has 0 aromatic carbocycles. The number of aryl methyl sites for hydroxylation is 1. The minimum atomic E-state index is 0.0868. The van der Waals surface area contributed by atoms with E-state index < -0.39 is 0 Å². The highest BCUT2D eigenvalue weighted by atomic mass is 16.3. The lowest BCUT2D eigenvalue weighted by Crippen LogP contribution is -2.31. The predicted molar refractivity (Wildman–Crippen MR) is 53.3 cm³/mol. The molecule has 5 nitrogen and oxygen atoms in total. The normalized spacial score (nSPS) is 20.2. The largest absolute Gasteiger partial charge is 0.467 e. The maximum Gasteiger partial charge on any atom is 0.130 e. The topological polar surface area (TPSA) is 55.9 Å². The average Bonchev–Trinajstić information content (AvgIpc) is 2.85. The number of aromatic nitrogens is 3. The number of rotatable bonds is 1. The fourth-order valence-electron chi connectivity index (χ4n) is 2.05. The molecule has 0 amide bonds. The molecule has 5 heteroatoms. The second kappa shape index (κ2) is 3.20. The summed E-state index contributed by atoms with van der Waals surface area (Å²) in [6.45, 7) is 0.961. The van der Waals surface area contributed by atoms with Crippen LogP contribution < -0.4 is 5.32 Å². The molecule has 0 aliphatic carbocycles. The second-order valence-electron chi connectivity index (χ2n) is 3.73. The molecule has 2 aromatic heterocycles. The number of furan rings is 1. The van der Waals surface area contributed by atoms with Crippen LogP contribution >= 0.6 is 0 Å². The maximum atomic E-state index is 5.52. The Kier molecular flexibility index (Phi) is 1.85. The zero-order valence-electron chi connectivity index (χ0n) is 8.47. The fourth-order valence-corrected chi connectivity index (χ4v) is 2.05. The summed E-state index contributed by atoms with van der Waals surface area (Å²) in [6.07, 6.45) is 4.54. The van der Waals surface area contributed by atoms with E-state index in [4.69, 9.17) is 4.42 Å². The Labute approximate surface area is 87.1 Å². The monoisotopic (exact) mass is 204 g/mol. The van der Waals surface area contributed by atoms with Crippen molar-refractivity contribution in [2.24, 2.45) is 7.05 Å². The van der Waals surface area contributed by atoms with Crippen molar-refractivity contribution in [3.8, 4) is 0 Å². The third kappa shape index (κ3) is 1.27. The lowest BCUT2D eigenvalue weighted by Gasteiger charge is -2.22. The molecular formula is C10H12N4O. The van der Waals surface area contributed by atoms with Gasteiger partial charge in [-0.15, -0.1) is 5.10 Å². The zero-order valence-corrected chi connectivity index (χ0v) is 8.47. The van der Waals surface area contributed by atoms with Crippen LogP contribution in [-0.2, 0) is 13.5 Å². The number of nitrogens with zero attached hydrogens (tertiary/aromatic N) is 3. The quantitative estimate of drug-likeness (QED) is 0.740. The lowest BCUT2D eigenvalue weighted by molar-refractivity contribution is 0.411. The van der Waals surface area contributed by atoms with Gasteiger partial charge in [0.05, 0.1) is 18.2 Å². The van der Waals surface area contributed by atoms with Gasteiger partial charge in [-0.1, -0.05) is 5.21 Å². The van der Waals surface area contributed by atoms with Crippen LogP contribution in [-0.4, -0.2) is 21.5 Å². The van der Waals surface area contributed by atoms with E-state index in [0.717, 1.165) is 24.4 Å². The van der Waals surface area contributed by atoms with Gasteiger partial charge in [0.15, 0.2) is 0 Å².